The van der Waals surface area contributed by atoms with Crippen LogP contribution >= 0.6 is 11.8 Å². The van der Waals surface area contributed by atoms with Crippen molar-refractivity contribution in [2.24, 2.45) is 5.92 Å². The van der Waals surface area contributed by atoms with Gasteiger partial charge in [-0.15, -0.1) is 11.8 Å². The third kappa shape index (κ3) is 5.12. The van der Waals surface area contributed by atoms with Crippen molar-refractivity contribution in [2.75, 3.05) is 11.9 Å². The summed E-state index contributed by atoms with van der Waals surface area (Å²) in [6.45, 7) is 1.07. The molecule has 4 aromatic carbocycles. The number of nitrogens with one attached hydrogen (secondary N) is 2. The van der Waals surface area contributed by atoms with Gasteiger partial charge in [0.15, 0.2) is 0 Å². The molecule has 0 spiro atoms. The van der Waals surface area contributed by atoms with Gasteiger partial charge in [-0.25, -0.2) is 4.98 Å². The number of rotatable bonds is 8. The molecule has 0 amide bonds. The Labute approximate surface area is 240 Å². The van der Waals surface area contributed by atoms with Crippen molar-refractivity contribution in [1.82, 2.24) is 9.97 Å². The lowest BCUT2D eigenvalue weighted by Crippen LogP contribution is -2.10. The van der Waals surface area contributed by atoms with Crippen LogP contribution < -0.4 is 5.32 Å². The third-order valence-electron chi connectivity index (χ3n) is 8.16. The average molecular weight is 540 g/mol. The van der Waals surface area contributed by atoms with Crippen LogP contribution in [0.25, 0.3) is 44.2 Å². The summed E-state index contributed by atoms with van der Waals surface area (Å²) in [5, 5.41) is 6.08. The summed E-state index contributed by atoms with van der Waals surface area (Å²) in [5.74, 6) is 1.74. The van der Waals surface area contributed by atoms with Crippen molar-refractivity contribution >= 4 is 39.4 Å². The number of hydrogen-bond acceptors (Lipinski definition) is 3. The summed E-state index contributed by atoms with van der Waals surface area (Å²) in [6.07, 6.45) is 7.50. The van der Waals surface area contributed by atoms with E-state index in [1.54, 1.807) is 0 Å². The van der Waals surface area contributed by atoms with Gasteiger partial charge in [-0.3, -0.25) is 0 Å². The molecule has 198 valence electrons. The Kier molecular flexibility index (Phi) is 7.01. The summed E-state index contributed by atoms with van der Waals surface area (Å²) < 4.78 is 0. The first kappa shape index (κ1) is 25.0. The Morgan fingerprint density at radius 1 is 0.800 bits per heavy atom. The highest BCUT2D eigenvalue weighted by molar-refractivity contribution is 7.98. The molecule has 1 fully saturated rings. The number of H-pyrrole nitrogens is 1. The van der Waals surface area contributed by atoms with Crippen LogP contribution in [0.1, 0.15) is 31.2 Å². The first-order valence-corrected chi connectivity index (χ1v) is 15.3. The molecule has 2 aromatic heterocycles. The van der Waals surface area contributed by atoms with Crippen molar-refractivity contribution in [3.63, 3.8) is 0 Å². The number of hydrogen-bond donors (Lipinski definition) is 2. The number of aromatic nitrogens is 2. The second-order valence-corrected chi connectivity index (χ2v) is 11.9. The van der Waals surface area contributed by atoms with Crippen LogP contribution in [-0.4, -0.2) is 16.5 Å². The topological polar surface area (TPSA) is 40.7 Å². The summed E-state index contributed by atoms with van der Waals surface area (Å²) in [4.78, 5) is 9.82. The highest BCUT2D eigenvalue weighted by atomic mass is 32.2. The first-order chi connectivity index (χ1) is 19.8. The molecule has 0 aliphatic heterocycles. The van der Waals surface area contributed by atoms with Gasteiger partial charge in [-0.05, 0) is 71.8 Å². The van der Waals surface area contributed by atoms with Gasteiger partial charge in [0.05, 0.1) is 0 Å². The maximum atomic E-state index is 4.94. The Balaban J connectivity index is 1.29. The zero-order chi connectivity index (χ0) is 26.7. The van der Waals surface area contributed by atoms with Crippen LogP contribution in [0.3, 0.4) is 0 Å². The van der Waals surface area contributed by atoms with Crippen LogP contribution in [0.5, 0.6) is 0 Å². The monoisotopic (exact) mass is 539 g/mol. The van der Waals surface area contributed by atoms with E-state index in [1.807, 2.05) is 18.0 Å². The van der Waals surface area contributed by atoms with E-state index < -0.39 is 0 Å². The molecule has 1 aliphatic rings. The van der Waals surface area contributed by atoms with E-state index in [2.05, 4.69) is 113 Å². The maximum absolute atomic E-state index is 4.94. The molecule has 0 unspecified atom stereocenters. The average Bonchev–Trinajstić information content (AvgIpc) is 3.67. The van der Waals surface area contributed by atoms with Crippen molar-refractivity contribution in [2.45, 2.75) is 36.3 Å². The zero-order valence-corrected chi connectivity index (χ0v) is 23.4. The van der Waals surface area contributed by atoms with Crippen LogP contribution in [0, 0.1) is 5.92 Å². The normalized spacial score (nSPS) is 13.8. The fourth-order valence-electron chi connectivity index (χ4n) is 6.04. The highest BCUT2D eigenvalue weighted by Crippen LogP contribution is 2.41. The van der Waals surface area contributed by atoms with E-state index in [1.165, 1.54) is 69.3 Å². The van der Waals surface area contributed by atoms with Crippen LogP contribution in [0.4, 0.5) is 5.69 Å². The minimum absolute atomic E-state index is 0.814. The molecular weight excluding hydrogens is 506 g/mol. The van der Waals surface area contributed by atoms with Gasteiger partial charge in [0.2, 0.25) is 0 Å². The molecular formula is C36H33N3S. The smallest absolute Gasteiger partial charge is 0.138 e. The molecule has 1 saturated carbocycles. The molecule has 0 radical (unpaired) electrons. The number of nitrogens with zero attached hydrogens (tertiary/aromatic N) is 1. The number of benzene rings is 4. The quantitative estimate of drug-likeness (QED) is 0.189. The molecule has 0 atom stereocenters. The van der Waals surface area contributed by atoms with Crippen molar-refractivity contribution in [3.05, 3.63) is 115 Å². The van der Waals surface area contributed by atoms with Crippen LogP contribution in [-0.2, 0) is 5.75 Å². The minimum atomic E-state index is 0.814. The Morgan fingerprint density at radius 3 is 2.33 bits per heavy atom. The molecule has 6 aromatic rings. The molecule has 2 heterocycles. The molecule has 1 aliphatic carbocycles. The number of pyridine rings is 1. The van der Waals surface area contributed by atoms with Gasteiger partial charge in [0, 0.05) is 56.5 Å². The van der Waals surface area contributed by atoms with E-state index in [9.17, 15) is 0 Å². The maximum Gasteiger partial charge on any atom is 0.138 e. The predicted octanol–water partition coefficient (Wildman–Crippen LogP) is 9.94. The minimum Gasteiger partial charge on any atom is -0.385 e. The molecule has 7 rings (SSSR count). The van der Waals surface area contributed by atoms with Crippen LogP contribution in [0.2, 0.25) is 0 Å². The molecule has 4 heteroatoms. The van der Waals surface area contributed by atoms with Gasteiger partial charge in [0.1, 0.15) is 5.65 Å². The standard InChI is InChI=1S/C36H33N3S/c1-3-11-28(12-4-1)34-32(27-16-18-29(19-17-27)37-22-25-9-7-8-10-25)23-38-36-35(34)31-21-26(15-20-33(31)39-36)24-40-30-13-5-2-6-14-30/h1-6,11-21,23,25,37H,7-10,22,24H2,(H,38,39). The molecule has 3 nitrogen and oxygen atoms in total. The number of anilines is 1. The van der Waals surface area contributed by atoms with Gasteiger partial charge < -0.3 is 10.3 Å². The summed E-state index contributed by atoms with van der Waals surface area (Å²) in [6, 6.07) is 37.1. The van der Waals surface area contributed by atoms with Gasteiger partial charge >= 0.3 is 0 Å². The van der Waals surface area contributed by atoms with E-state index in [0.29, 0.717) is 0 Å². The summed E-state index contributed by atoms with van der Waals surface area (Å²) in [5.41, 5.74) is 9.34. The fourth-order valence-corrected chi connectivity index (χ4v) is 6.91. The number of aromatic amines is 1. The fraction of sp³-hybridized carbons (Fsp3) is 0.194. The van der Waals surface area contributed by atoms with Gasteiger partial charge in [-0.1, -0.05) is 79.6 Å². The van der Waals surface area contributed by atoms with E-state index in [-0.39, 0.29) is 0 Å². The molecule has 40 heavy (non-hydrogen) atoms. The lowest BCUT2D eigenvalue weighted by atomic mass is 9.92. The Bertz CT molecular complexity index is 1730. The van der Waals surface area contributed by atoms with Crippen LogP contribution in [0.15, 0.2) is 114 Å². The number of fused-ring (bicyclic) bond motifs is 3. The molecule has 0 bridgehead atoms. The molecule has 0 saturated heterocycles. The molecule has 2 N–H and O–H groups in total. The van der Waals surface area contributed by atoms with Crippen molar-refractivity contribution in [3.8, 4) is 22.3 Å². The lowest BCUT2D eigenvalue weighted by molar-refractivity contribution is 0.580. The van der Waals surface area contributed by atoms with Gasteiger partial charge in [-0.2, -0.15) is 0 Å². The van der Waals surface area contributed by atoms with E-state index in [4.69, 9.17) is 4.98 Å². The lowest BCUT2D eigenvalue weighted by Gasteiger charge is -2.14. The zero-order valence-electron chi connectivity index (χ0n) is 22.6. The first-order valence-electron chi connectivity index (χ1n) is 14.3. The Hall–Kier alpha value is -4.02. The highest BCUT2D eigenvalue weighted by Gasteiger charge is 2.18. The van der Waals surface area contributed by atoms with E-state index >= 15 is 0 Å². The van der Waals surface area contributed by atoms with Crippen molar-refractivity contribution < 1.29 is 0 Å². The third-order valence-corrected chi connectivity index (χ3v) is 9.25. The summed E-state index contributed by atoms with van der Waals surface area (Å²) >= 11 is 1.87. The van der Waals surface area contributed by atoms with E-state index in [0.717, 1.165) is 34.9 Å². The summed E-state index contributed by atoms with van der Waals surface area (Å²) in [7, 11) is 0. The second-order valence-electron chi connectivity index (χ2n) is 10.9. The SMILES string of the molecule is c1ccc(SCc2ccc3[nH]c4ncc(-c5ccc(NCC6CCCC6)cc5)c(-c5ccccc5)c4c3c2)cc1. The largest absolute Gasteiger partial charge is 0.385 e. The second kappa shape index (κ2) is 11.2. The van der Waals surface area contributed by atoms with Crippen molar-refractivity contribution in [1.29, 1.82) is 0 Å². The predicted molar refractivity (Wildman–Crippen MR) is 171 cm³/mol. The van der Waals surface area contributed by atoms with Gasteiger partial charge in [0.25, 0.3) is 0 Å². The number of thioether (sulfide) groups is 1. The Morgan fingerprint density at radius 2 is 1.55 bits per heavy atom.